The summed E-state index contributed by atoms with van der Waals surface area (Å²) in [5, 5.41) is 16.8. The van der Waals surface area contributed by atoms with Crippen LogP contribution in [-0.4, -0.2) is 35.0 Å². The Hall–Kier alpha value is -3.49. The lowest BCUT2D eigenvalue weighted by Crippen LogP contribution is -2.46. The van der Waals surface area contributed by atoms with E-state index in [0.29, 0.717) is 43.5 Å². The first-order chi connectivity index (χ1) is 15.7. The van der Waals surface area contributed by atoms with E-state index in [1.54, 1.807) is 12.3 Å². The minimum absolute atomic E-state index is 0.291. The Morgan fingerprint density at radius 3 is 2.58 bits per heavy atom. The van der Waals surface area contributed by atoms with Crippen molar-refractivity contribution in [2.75, 3.05) is 0 Å². The van der Waals surface area contributed by atoms with Crippen molar-refractivity contribution >= 4 is 23.9 Å². The molecule has 1 atom stereocenters. The van der Waals surface area contributed by atoms with Gasteiger partial charge in [-0.25, -0.2) is 4.98 Å². The molecule has 3 rings (SSSR count). The van der Waals surface area contributed by atoms with Crippen molar-refractivity contribution in [1.29, 1.82) is 10.8 Å². The second kappa shape index (κ2) is 10.4. The van der Waals surface area contributed by atoms with Crippen LogP contribution in [0.1, 0.15) is 36.8 Å². The number of nitrogens with one attached hydrogen (secondary N) is 3. The summed E-state index contributed by atoms with van der Waals surface area (Å²) < 4.78 is 44.0. The summed E-state index contributed by atoms with van der Waals surface area (Å²) in [6.45, 7) is 1.95. The van der Waals surface area contributed by atoms with Crippen LogP contribution in [0.4, 0.5) is 13.2 Å². The van der Waals surface area contributed by atoms with E-state index in [1.807, 2.05) is 43.3 Å². The Morgan fingerprint density at radius 2 is 1.97 bits per heavy atom. The summed E-state index contributed by atoms with van der Waals surface area (Å²) in [5.41, 5.74) is 1.44. The highest BCUT2D eigenvalue weighted by atomic mass is 19.4. The van der Waals surface area contributed by atoms with Crippen LogP contribution in [0.25, 0.3) is 6.08 Å². The summed E-state index contributed by atoms with van der Waals surface area (Å²) in [6.07, 6.45) is 1.72. The number of carbonyl (C=O) groups excluding carboxylic acids is 1. The number of carbonyl (C=O) groups is 1. The SMILES string of the molecule is Cc1ccc(Oc2cccc(C=C3CCC(NC(=O)C(C=N)C(=N)C(F)(F)F)CC3)c2)nc1. The second-order valence-electron chi connectivity index (χ2n) is 7.99. The average Bonchev–Trinajstić information content (AvgIpc) is 2.77. The van der Waals surface area contributed by atoms with Crippen LogP contribution in [0.5, 0.6) is 11.6 Å². The van der Waals surface area contributed by atoms with E-state index < -0.39 is 23.7 Å². The molecule has 1 fully saturated rings. The lowest BCUT2D eigenvalue weighted by atomic mass is 9.89. The minimum Gasteiger partial charge on any atom is -0.439 e. The van der Waals surface area contributed by atoms with Crippen LogP contribution >= 0.6 is 0 Å². The van der Waals surface area contributed by atoms with Crippen LogP contribution in [0.2, 0.25) is 0 Å². The summed E-state index contributed by atoms with van der Waals surface area (Å²) in [5.74, 6) is -1.72. The highest BCUT2D eigenvalue weighted by Crippen LogP contribution is 2.28. The number of benzene rings is 1. The first-order valence-electron chi connectivity index (χ1n) is 10.5. The Morgan fingerprint density at radius 1 is 1.24 bits per heavy atom. The molecule has 1 aliphatic rings. The number of aryl methyl sites for hydroxylation is 1. The van der Waals surface area contributed by atoms with Gasteiger partial charge in [0.15, 0.2) is 0 Å². The first-order valence-corrected chi connectivity index (χ1v) is 10.5. The van der Waals surface area contributed by atoms with Crippen molar-refractivity contribution in [2.24, 2.45) is 5.92 Å². The molecule has 6 nitrogen and oxygen atoms in total. The molecule has 0 bridgehead atoms. The maximum Gasteiger partial charge on any atom is 0.429 e. The Labute approximate surface area is 189 Å². The molecular formula is C24H25F3N4O2. The monoisotopic (exact) mass is 458 g/mol. The number of ether oxygens (including phenoxy) is 1. The molecule has 1 aromatic carbocycles. The zero-order valence-corrected chi connectivity index (χ0v) is 18.1. The highest BCUT2D eigenvalue weighted by Gasteiger charge is 2.42. The standard InChI is InChI=1S/C24H25F3N4O2/c1-15-5-10-21(30-14-15)33-19-4-2-3-17(12-19)11-16-6-8-18(9-7-16)31-23(32)20(13-28)22(29)24(25,26)27/h2-5,10-14,18,20,28-29H,6-9H2,1H3,(H,31,32). The minimum atomic E-state index is -4.93. The van der Waals surface area contributed by atoms with Crippen molar-refractivity contribution in [2.45, 2.75) is 44.8 Å². The van der Waals surface area contributed by atoms with E-state index in [4.69, 9.17) is 15.6 Å². The molecule has 2 aromatic rings. The molecule has 0 aliphatic heterocycles. The van der Waals surface area contributed by atoms with Gasteiger partial charge in [-0.1, -0.05) is 29.8 Å². The van der Waals surface area contributed by atoms with Gasteiger partial charge in [-0.3, -0.25) is 10.2 Å². The van der Waals surface area contributed by atoms with Crippen LogP contribution in [0.3, 0.4) is 0 Å². The number of nitrogens with zero attached hydrogens (tertiary/aromatic N) is 1. The summed E-state index contributed by atoms with van der Waals surface area (Å²) in [7, 11) is 0. The molecule has 174 valence electrons. The quantitative estimate of drug-likeness (QED) is 0.480. The number of allylic oxidation sites excluding steroid dienone is 1. The van der Waals surface area contributed by atoms with Crippen molar-refractivity contribution in [3.63, 3.8) is 0 Å². The van der Waals surface area contributed by atoms with Crippen LogP contribution in [0.15, 0.2) is 48.2 Å². The van der Waals surface area contributed by atoms with Crippen molar-refractivity contribution in [3.05, 3.63) is 59.3 Å². The molecule has 1 heterocycles. The van der Waals surface area contributed by atoms with Gasteiger partial charge in [0.25, 0.3) is 0 Å². The van der Waals surface area contributed by atoms with Gasteiger partial charge in [0.05, 0.1) is 0 Å². The van der Waals surface area contributed by atoms with E-state index >= 15 is 0 Å². The largest absolute Gasteiger partial charge is 0.439 e. The Bertz CT molecular complexity index is 1040. The van der Waals surface area contributed by atoms with Gasteiger partial charge in [0, 0.05) is 24.5 Å². The molecule has 3 N–H and O–H groups in total. The van der Waals surface area contributed by atoms with Crippen LogP contribution in [-0.2, 0) is 4.79 Å². The van der Waals surface area contributed by atoms with E-state index in [2.05, 4.69) is 10.3 Å². The van der Waals surface area contributed by atoms with Gasteiger partial charge in [-0.15, -0.1) is 0 Å². The number of hydrogen-bond acceptors (Lipinski definition) is 5. The Kier molecular flexibility index (Phi) is 7.63. The van der Waals surface area contributed by atoms with Crippen LogP contribution < -0.4 is 10.1 Å². The fourth-order valence-corrected chi connectivity index (χ4v) is 3.57. The zero-order valence-electron chi connectivity index (χ0n) is 18.1. The van der Waals surface area contributed by atoms with E-state index in [-0.39, 0.29) is 6.04 Å². The van der Waals surface area contributed by atoms with Crippen molar-refractivity contribution < 1.29 is 22.7 Å². The molecule has 1 aromatic heterocycles. The number of hydrogen-bond donors (Lipinski definition) is 3. The van der Waals surface area contributed by atoms with E-state index in [9.17, 15) is 18.0 Å². The molecule has 1 aliphatic carbocycles. The molecule has 1 unspecified atom stereocenters. The Balaban J connectivity index is 1.57. The van der Waals surface area contributed by atoms with Gasteiger partial charge < -0.3 is 15.5 Å². The van der Waals surface area contributed by atoms with Crippen molar-refractivity contribution in [1.82, 2.24) is 10.3 Å². The third-order valence-corrected chi connectivity index (χ3v) is 5.38. The highest BCUT2D eigenvalue weighted by molar-refractivity contribution is 6.16. The topological polar surface area (TPSA) is 98.9 Å². The molecule has 1 saturated carbocycles. The van der Waals surface area contributed by atoms with E-state index in [0.717, 1.165) is 16.7 Å². The smallest absolute Gasteiger partial charge is 0.429 e. The third-order valence-electron chi connectivity index (χ3n) is 5.38. The molecule has 0 radical (unpaired) electrons. The van der Waals surface area contributed by atoms with Crippen molar-refractivity contribution in [3.8, 4) is 11.6 Å². The third kappa shape index (κ3) is 6.74. The predicted octanol–water partition coefficient (Wildman–Crippen LogP) is 5.47. The number of aromatic nitrogens is 1. The maximum absolute atomic E-state index is 12.7. The van der Waals surface area contributed by atoms with Gasteiger partial charge in [-0.2, -0.15) is 13.2 Å². The summed E-state index contributed by atoms with van der Waals surface area (Å²) >= 11 is 0. The maximum atomic E-state index is 12.7. The van der Waals surface area contributed by atoms with E-state index in [1.165, 1.54) is 0 Å². The fraction of sp³-hybridized carbons (Fsp3) is 0.333. The number of alkyl halides is 3. The molecule has 33 heavy (non-hydrogen) atoms. The number of halogens is 3. The fourth-order valence-electron chi connectivity index (χ4n) is 3.57. The molecule has 9 heteroatoms. The van der Waals surface area contributed by atoms with Gasteiger partial charge in [0.2, 0.25) is 11.8 Å². The predicted molar refractivity (Wildman–Crippen MR) is 120 cm³/mol. The van der Waals surface area contributed by atoms with Crippen LogP contribution in [0, 0.1) is 23.7 Å². The second-order valence-corrected chi connectivity index (χ2v) is 7.99. The summed E-state index contributed by atoms with van der Waals surface area (Å²) in [4.78, 5) is 16.4. The lowest BCUT2D eigenvalue weighted by molar-refractivity contribution is -0.123. The van der Waals surface area contributed by atoms with Gasteiger partial charge >= 0.3 is 6.18 Å². The number of amides is 1. The number of rotatable bonds is 7. The summed E-state index contributed by atoms with van der Waals surface area (Å²) in [6, 6.07) is 11.0. The molecule has 1 amide bonds. The number of pyridine rings is 1. The molecule has 0 saturated heterocycles. The first kappa shape index (κ1) is 24.2. The normalized spacial score (nSPS) is 17.1. The molecule has 0 spiro atoms. The van der Waals surface area contributed by atoms with Gasteiger partial charge in [-0.05, 0) is 55.9 Å². The van der Waals surface area contributed by atoms with Gasteiger partial charge in [0.1, 0.15) is 17.4 Å². The average molecular weight is 458 g/mol. The lowest BCUT2D eigenvalue weighted by Gasteiger charge is -2.26. The zero-order chi connectivity index (χ0) is 24.0. The molecular weight excluding hydrogens is 433 g/mol.